The zero-order chi connectivity index (χ0) is 18.9. The first-order chi connectivity index (χ1) is 12.5. The van der Waals surface area contributed by atoms with Crippen molar-refractivity contribution in [3.05, 3.63) is 103 Å². The Kier molecular flexibility index (Phi) is 6.75. The fourth-order valence-electron chi connectivity index (χ4n) is 2.34. The molecule has 0 spiro atoms. The number of ether oxygens (including phenoxy) is 1. The molecule has 0 fully saturated rings. The van der Waals surface area contributed by atoms with Crippen molar-refractivity contribution >= 4 is 17.3 Å². The van der Waals surface area contributed by atoms with E-state index in [-0.39, 0.29) is 0 Å². The first-order valence-corrected chi connectivity index (χ1v) is 8.32. The first kappa shape index (κ1) is 19.0. The third-order valence-corrected chi connectivity index (χ3v) is 3.61. The number of allylic oxidation sites excluding steroid dienone is 5. The summed E-state index contributed by atoms with van der Waals surface area (Å²) < 4.78 is 5.26. The Labute approximate surface area is 155 Å². The molecule has 2 aromatic carbocycles. The lowest BCUT2D eigenvalue weighted by Crippen LogP contribution is -2.14. The van der Waals surface area contributed by atoms with E-state index in [1.54, 1.807) is 25.1 Å². The van der Waals surface area contributed by atoms with Gasteiger partial charge in [-0.25, -0.2) is 4.79 Å². The normalized spacial score (nSPS) is 11.2. The van der Waals surface area contributed by atoms with Crippen LogP contribution < -0.4 is 9.64 Å². The highest BCUT2D eigenvalue weighted by atomic mass is 16.5. The molecule has 0 saturated heterocycles. The van der Waals surface area contributed by atoms with E-state index in [0.29, 0.717) is 11.3 Å². The van der Waals surface area contributed by atoms with E-state index >= 15 is 0 Å². The molecule has 0 aliphatic carbocycles. The van der Waals surface area contributed by atoms with Crippen molar-refractivity contribution in [3.8, 4) is 5.75 Å². The predicted octanol–water partition coefficient (Wildman–Crippen LogP) is 5.95. The van der Waals surface area contributed by atoms with Gasteiger partial charge in [-0.05, 0) is 56.3 Å². The van der Waals surface area contributed by atoms with Gasteiger partial charge in [0.2, 0.25) is 0 Å². The van der Waals surface area contributed by atoms with Gasteiger partial charge in [-0.1, -0.05) is 49.6 Å². The minimum Gasteiger partial charge on any atom is -0.423 e. The number of nitrogens with zero attached hydrogens (tertiary/aromatic N) is 1. The highest BCUT2D eigenvalue weighted by molar-refractivity contribution is 5.88. The summed E-state index contributed by atoms with van der Waals surface area (Å²) in [6, 6.07) is 17.5. The summed E-state index contributed by atoms with van der Waals surface area (Å²) in [7, 11) is 0. The van der Waals surface area contributed by atoms with E-state index in [1.807, 2.05) is 67.6 Å². The topological polar surface area (TPSA) is 29.5 Å². The fraction of sp³-hybridized carbons (Fsp3) is 0.0870. The Morgan fingerprint density at radius 1 is 0.962 bits per heavy atom. The molecule has 2 rings (SSSR count). The molecule has 2 aromatic rings. The van der Waals surface area contributed by atoms with Crippen molar-refractivity contribution in [2.24, 2.45) is 0 Å². The minimum absolute atomic E-state index is 0.368. The monoisotopic (exact) mass is 345 g/mol. The molecule has 0 aromatic heterocycles. The molecule has 0 N–H and O–H groups in total. The Morgan fingerprint density at radius 2 is 1.58 bits per heavy atom. The zero-order valence-corrected chi connectivity index (χ0v) is 15.2. The van der Waals surface area contributed by atoms with Crippen LogP contribution in [0.3, 0.4) is 0 Å². The van der Waals surface area contributed by atoms with Crippen molar-refractivity contribution in [2.75, 3.05) is 4.90 Å². The maximum absolute atomic E-state index is 11.7. The van der Waals surface area contributed by atoms with Crippen LogP contribution in [-0.4, -0.2) is 5.97 Å². The van der Waals surface area contributed by atoms with Crippen molar-refractivity contribution in [1.82, 2.24) is 0 Å². The molecule has 3 nitrogen and oxygen atoms in total. The van der Waals surface area contributed by atoms with Crippen LogP contribution in [0.5, 0.6) is 5.75 Å². The van der Waals surface area contributed by atoms with Gasteiger partial charge in [-0.3, -0.25) is 0 Å². The smallest absolute Gasteiger partial charge is 0.338 e. The second-order valence-electron chi connectivity index (χ2n) is 5.76. The summed E-state index contributed by atoms with van der Waals surface area (Å²) in [6.45, 7) is 10.9. The van der Waals surface area contributed by atoms with E-state index < -0.39 is 5.97 Å². The molecule has 0 amide bonds. The van der Waals surface area contributed by atoms with Crippen LogP contribution in [0.15, 0.2) is 103 Å². The van der Waals surface area contributed by atoms with Gasteiger partial charge in [-0.15, -0.1) is 0 Å². The molecular formula is C23H23NO2. The predicted molar refractivity (Wildman–Crippen MR) is 109 cm³/mol. The largest absolute Gasteiger partial charge is 0.423 e. The Morgan fingerprint density at radius 3 is 2.15 bits per heavy atom. The fourth-order valence-corrected chi connectivity index (χ4v) is 2.34. The lowest BCUT2D eigenvalue weighted by Gasteiger charge is -2.26. The molecule has 0 aliphatic heterocycles. The van der Waals surface area contributed by atoms with Crippen LogP contribution in [0.25, 0.3) is 0 Å². The van der Waals surface area contributed by atoms with Crippen LogP contribution in [0.2, 0.25) is 0 Å². The lowest BCUT2D eigenvalue weighted by atomic mass is 10.2. The van der Waals surface area contributed by atoms with Gasteiger partial charge in [0.25, 0.3) is 0 Å². The molecule has 0 saturated carbocycles. The summed E-state index contributed by atoms with van der Waals surface area (Å²) in [5, 5.41) is 0. The van der Waals surface area contributed by atoms with Crippen LogP contribution in [0, 0.1) is 0 Å². The van der Waals surface area contributed by atoms with Crippen molar-refractivity contribution in [2.45, 2.75) is 13.8 Å². The van der Waals surface area contributed by atoms with Crippen molar-refractivity contribution in [1.29, 1.82) is 0 Å². The average molecular weight is 345 g/mol. The Balaban J connectivity index is 2.35. The first-order valence-electron chi connectivity index (χ1n) is 8.32. The average Bonchev–Trinajstić information content (AvgIpc) is 2.64. The number of rotatable bonds is 7. The van der Waals surface area contributed by atoms with Crippen LogP contribution in [-0.2, 0) is 4.79 Å². The number of anilines is 2. The van der Waals surface area contributed by atoms with E-state index in [2.05, 4.69) is 18.1 Å². The molecule has 0 heterocycles. The molecule has 0 aliphatic rings. The number of hydrogen-bond donors (Lipinski definition) is 0. The molecule has 0 bridgehead atoms. The number of benzene rings is 2. The third kappa shape index (κ3) is 5.08. The molecule has 26 heavy (non-hydrogen) atoms. The number of carbonyl (C=O) groups excluding carboxylic acids is 1. The summed E-state index contributed by atoms with van der Waals surface area (Å²) in [6.07, 6.45) is 7.58. The lowest BCUT2D eigenvalue weighted by molar-refractivity contribution is -0.130. The maximum atomic E-state index is 11.7. The van der Waals surface area contributed by atoms with E-state index in [0.717, 1.165) is 17.1 Å². The maximum Gasteiger partial charge on any atom is 0.338 e. The van der Waals surface area contributed by atoms with Crippen LogP contribution in [0.1, 0.15) is 13.8 Å². The number of hydrogen-bond acceptors (Lipinski definition) is 3. The summed E-state index contributed by atoms with van der Waals surface area (Å²) in [4.78, 5) is 13.8. The molecular weight excluding hydrogens is 322 g/mol. The van der Waals surface area contributed by atoms with E-state index in [4.69, 9.17) is 4.74 Å². The second-order valence-corrected chi connectivity index (χ2v) is 5.76. The van der Waals surface area contributed by atoms with E-state index in [9.17, 15) is 4.79 Å². The van der Waals surface area contributed by atoms with Gasteiger partial charge in [0.15, 0.2) is 0 Å². The molecule has 132 valence electrons. The number of esters is 1. The Bertz CT molecular complexity index is 830. The highest BCUT2D eigenvalue weighted by Crippen LogP contribution is 2.31. The summed E-state index contributed by atoms with van der Waals surface area (Å²) in [5.74, 6) is 0.0613. The minimum atomic E-state index is -0.427. The quantitative estimate of drug-likeness (QED) is 0.269. The SMILES string of the molecule is C=C/C=C\C=C(/C)N(c1ccccc1)c1ccc(OC(=O)C(=C)C)cc1. The molecule has 3 heteroatoms. The van der Waals surface area contributed by atoms with E-state index in [1.165, 1.54) is 0 Å². The van der Waals surface area contributed by atoms with Gasteiger partial charge in [0.05, 0.1) is 0 Å². The summed E-state index contributed by atoms with van der Waals surface area (Å²) >= 11 is 0. The van der Waals surface area contributed by atoms with Crippen molar-refractivity contribution < 1.29 is 9.53 Å². The van der Waals surface area contributed by atoms with Crippen LogP contribution >= 0.6 is 0 Å². The standard InChI is InChI=1S/C23H23NO2/c1-5-6-8-11-19(4)24(20-12-9-7-10-13-20)21-14-16-22(17-15-21)26-23(25)18(2)3/h5-17H,1-2H2,3-4H3/b8-6-,19-11+. The molecule has 0 atom stereocenters. The van der Waals surface area contributed by atoms with Gasteiger partial charge in [0.1, 0.15) is 5.75 Å². The highest BCUT2D eigenvalue weighted by Gasteiger charge is 2.12. The molecule has 0 unspecified atom stereocenters. The molecule has 0 radical (unpaired) electrons. The number of para-hydroxylation sites is 1. The second kappa shape index (κ2) is 9.23. The van der Waals surface area contributed by atoms with Gasteiger partial charge in [-0.2, -0.15) is 0 Å². The Hall–Kier alpha value is -3.33. The third-order valence-electron chi connectivity index (χ3n) is 3.61. The van der Waals surface area contributed by atoms with Gasteiger partial charge < -0.3 is 9.64 Å². The number of carbonyl (C=O) groups is 1. The van der Waals surface area contributed by atoms with Gasteiger partial charge in [0, 0.05) is 22.6 Å². The van der Waals surface area contributed by atoms with Crippen molar-refractivity contribution in [3.63, 3.8) is 0 Å². The van der Waals surface area contributed by atoms with Crippen LogP contribution in [0.4, 0.5) is 11.4 Å². The summed E-state index contributed by atoms with van der Waals surface area (Å²) in [5.41, 5.74) is 3.42. The van der Waals surface area contributed by atoms with Gasteiger partial charge >= 0.3 is 5.97 Å². The zero-order valence-electron chi connectivity index (χ0n) is 15.2.